The van der Waals surface area contributed by atoms with Gasteiger partial charge in [0.05, 0.1) is 0 Å². The van der Waals surface area contributed by atoms with Gasteiger partial charge in [0.1, 0.15) is 0 Å². The highest BCUT2D eigenvalue weighted by atomic mass is 32.1. The van der Waals surface area contributed by atoms with Gasteiger partial charge in [0.2, 0.25) is 0 Å². The number of hydrogen-bond donors (Lipinski definition) is 1. The quantitative estimate of drug-likeness (QED) is 0.878. The lowest BCUT2D eigenvalue weighted by Crippen LogP contribution is -2.33. The van der Waals surface area contributed by atoms with E-state index in [1.165, 1.54) is 35.7 Å². The number of hydrogen-bond acceptors (Lipinski definition) is 3. The summed E-state index contributed by atoms with van der Waals surface area (Å²) in [6.45, 7) is 11.5. The summed E-state index contributed by atoms with van der Waals surface area (Å²) in [4.78, 5) is 5.59. The second-order valence-electron chi connectivity index (χ2n) is 5.89. The maximum atomic E-state index is 3.48. The van der Waals surface area contributed by atoms with Gasteiger partial charge in [-0.25, -0.2) is 0 Å². The molecule has 0 saturated carbocycles. The van der Waals surface area contributed by atoms with Gasteiger partial charge < -0.3 is 5.32 Å². The first-order valence-corrected chi connectivity index (χ1v) is 7.98. The molecule has 1 aromatic rings. The van der Waals surface area contributed by atoms with Crippen LogP contribution in [0.3, 0.4) is 0 Å². The minimum Gasteiger partial charge on any atom is -0.310 e. The van der Waals surface area contributed by atoms with Crippen LogP contribution in [0, 0.1) is 5.92 Å². The van der Waals surface area contributed by atoms with E-state index >= 15 is 0 Å². The van der Waals surface area contributed by atoms with E-state index in [4.69, 9.17) is 0 Å². The van der Waals surface area contributed by atoms with Crippen molar-refractivity contribution in [3.05, 3.63) is 21.9 Å². The summed E-state index contributed by atoms with van der Waals surface area (Å²) in [5.41, 5.74) is 0. The summed E-state index contributed by atoms with van der Waals surface area (Å²) >= 11 is 1.97. The van der Waals surface area contributed by atoms with E-state index < -0.39 is 0 Å². The van der Waals surface area contributed by atoms with Gasteiger partial charge in [-0.1, -0.05) is 20.8 Å². The Labute approximate surface area is 115 Å². The molecular weight excluding hydrogens is 240 g/mol. The van der Waals surface area contributed by atoms with Crippen LogP contribution in [0.25, 0.3) is 0 Å². The fourth-order valence-electron chi connectivity index (χ4n) is 2.56. The van der Waals surface area contributed by atoms with Crippen LogP contribution < -0.4 is 5.32 Å². The minimum atomic E-state index is 0.568. The average molecular weight is 266 g/mol. The summed E-state index contributed by atoms with van der Waals surface area (Å²) in [6, 6.07) is 5.16. The molecule has 1 saturated heterocycles. The van der Waals surface area contributed by atoms with Crippen molar-refractivity contribution < 1.29 is 0 Å². The first-order valence-electron chi connectivity index (χ1n) is 7.17. The Balaban J connectivity index is 1.82. The molecule has 0 aliphatic carbocycles. The van der Waals surface area contributed by atoms with E-state index in [9.17, 15) is 0 Å². The molecule has 0 amide bonds. The summed E-state index contributed by atoms with van der Waals surface area (Å²) in [5.74, 6) is 0.876. The molecule has 1 N–H and O–H groups in total. The van der Waals surface area contributed by atoms with Gasteiger partial charge in [-0.05, 0) is 37.4 Å². The molecule has 1 fully saturated rings. The zero-order valence-electron chi connectivity index (χ0n) is 11.9. The SMILES string of the molecule is CC1CCCN(Cc2ccc(CNC(C)C)s2)C1. The zero-order valence-corrected chi connectivity index (χ0v) is 12.7. The van der Waals surface area contributed by atoms with Crippen molar-refractivity contribution >= 4 is 11.3 Å². The lowest BCUT2D eigenvalue weighted by atomic mass is 10.0. The Kier molecular flexibility index (Phi) is 5.22. The Hall–Kier alpha value is -0.380. The number of nitrogens with one attached hydrogen (secondary N) is 1. The Morgan fingerprint density at radius 3 is 2.89 bits per heavy atom. The first-order chi connectivity index (χ1) is 8.63. The van der Waals surface area contributed by atoms with E-state index in [0.717, 1.165) is 19.0 Å². The number of nitrogens with zero attached hydrogens (tertiary/aromatic N) is 1. The molecule has 2 nitrogen and oxygen atoms in total. The lowest BCUT2D eigenvalue weighted by molar-refractivity contribution is 0.178. The van der Waals surface area contributed by atoms with Gasteiger partial charge in [0.15, 0.2) is 0 Å². The second-order valence-corrected chi connectivity index (χ2v) is 7.14. The Bertz CT molecular complexity index is 359. The smallest absolute Gasteiger partial charge is 0.0328 e. The molecule has 1 atom stereocenters. The minimum absolute atomic E-state index is 0.568. The molecule has 0 spiro atoms. The number of piperidine rings is 1. The summed E-state index contributed by atoms with van der Waals surface area (Å²) in [7, 11) is 0. The van der Waals surface area contributed by atoms with Crippen molar-refractivity contribution in [2.75, 3.05) is 13.1 Å². The predicted octanol–water partition coefficient (Wildman–Crippen LogP) is 3.48. The molecule has 0 bridgehead atoms. The van der Waals surface area contributed by atoms with Crippen molar-refractivity contribution in [3.63, 3.8) is 0 Å². The maximum Gasteiger partial charge on any atom is 0.0328 e. The highest BCUT2D eigenvalue weighted by molar-refractivity contribution is 7.11. The molecule has 2 rings (SSSR count). The molecule has 2 heterocycles. The van der Waals surface area contributed by atoms with Crippen molar-refractivity contribution in [2.45, 2.75) is 52.7 Å². The van der Waals surface area contributed by atoms with E-state index in [1.807, 2.05) is 11.3 Å². The average Bonchev–Trinajstić information content (AvgIpc) is 2.74. The van der Waals surface area contributed by atoms with E-state index in [-0.39, 0.29) is 0 Å². The zero-order chi connectivity index (χ0) is 13.0. The van der Waals surface area contributed by atoms with Crippen LogP contribution in [0.5, 0.6) is 0 Å². The largest absolute Gasteiger partial charge is 0.310 e. The number of likely N-dealkylation sites (tertiary alicyclic amines) is 1. The van der Waals surface area contributed by atoms with Crippen LogP contribution in [0.15, 0.2) is 12.1 Å². The molecular formula is C15H26N2S. The topological polar surface area (TPSA) is 15.3 Å². The summed E-state index contributed by atoms with van der Waals surface area (Å²) in [6.07, 6.45) is 2.78. The third-order valence-electron chi connectivity index (χ3n) is 3.52. The van der Waals surface area contributed by atoms with Crippen LogP contribution in [0.1, 0.15) is 43.4 Å². The monoisotopic (exact) mass is 266 g/mol. The van der Waals surface area contributed by atoms with Crippen molar-refractivity contribution in [2.24, 2.45) is 5.92 Å². The number of rotatable bonds is 5. The highest BCUT2D eigenvalue weighted by Crippen LogP contribution is 2.22. The molecule has 1 aliphatic heterocycles. The van der Waals surface area contributed by atoms with Crippen LogP contribution in [-0.4, -0.2) is 24.0 Å². The van der Waals surface area contributed by atoms with Gasteiger partial charge in [0, 0.05) is 35.4 Å². The molecule has 0 aromatic carbocycles. The predicted molar refractivity (Wildman–Crippen MR) is 80.0 cm³/mol. The molecule has 18 heavy (non-hydrogen) atoms. The molecule has 3 heteroatoms. The summed E-state index contributed by atoms with van der Waals surface area (Å²) in [5, 5.41) is 3.48. The first kappa shape index (κ1) is 14.0. The third-order valence-corrected chi connectivity index (χ3v) is 4.59. The van der Waals surface area contributed by atoms with Crippen LogP contribution in [-0.2, 0) is 13.1 Å². The second kappa shape index (κ2) is 6.69. The molecule has 102 valence electrons. The Morgan fingerprint density at radius 2 is 2.17 bits per heavy atom. The molecule has 0 radical (unpaired) electrons. The Morgan fingerprint density at radius 1 is 1.39 bits per heavy atom. The van der Waals surface area contributed by atoms with Gasteiger partial charge in [-0.15, -0.1) is 11.3 Å². The van der Waals surface area contributed by atoms with Gasteiger partial charge in [-0.2, -0.15) is 0 Å². The highest BCUT2D eigenvalue weighted by Gasteiger charge is 2.16. The van der Waals surface area contributed by atoms with Gasteiger partial charge >= 0.3 is 0 Å². The lowest BCUT2D eigenvalue weighted by Gasteiger charge is -2.30. The normalized spacial score (nSPS) is 21.7. The molecule has 1 aromatic heterocycles. The third kappa shape index (κ3) is 4.38. The standard InChI is InChI=1S/C15H26N2S/c1-12(2)16-9-14-6-7-15(18-14)11-17-8-4-5-13(3)10-17/h6-7,12-13,16H,4-5,8-11H2,1-3H3. The number of thiophene rings is 1. The van der Waals surface area contributed by atoms with Gasteiger partial charge in [-0.3, -0.25) is 4.90 Å². The van der Waals surface area contributed by atoms with E-state index in [2.05, 4.69) is 43.1 Å². The van der Waals surface area contributed by atoms with Gasteiger partial charge in [0.25, 0.3) is 0 Å². The van der Waals surface area contributed by atoms with E-state index in [1.54, 1.807) is 0 Å². The fraction of sp³-hybridized carbons (Fsp3) is 0.733. The van der Waals surface area contributed by atoms with Crippen molar-refractivity contribution in [1.82, 2.24) is 10.2 Å². The van der Waals surface area contributed by atoms with E-state index in [0.29, 0.717) is 6.04 Å². The van der Waals surface area contributed by atoms with Crippen LogP contribution >= 0.6 is 11.3 Å². The van der Waals surface area contributed by atoms with Crippen LogP contribution in [0.2, 0.25) is 0 Å². The molecule has 1 aliphatic rings. The summed E-state index contributed by atoms with van der Waals surface area (Å²) < 4.78 is 0. The fourth-order valence-corrected chi connectivity index (χ4v) is 3.57. The van der Waals surface area contributed by atoms with Crippen molar-refractivity contribution in [1.29, 1.82) is 0 Å². The molecule has 1 unspecified atom stereocenters. The maximum absolute atomic E-state index is 3.48. The van der Waals surface area contributed by atoms with Crippen LogP contribution in [0.4, 0.5) is 0 Å². The van der Waals surface area contributed by atoms with Crippen molar-refractivity contribution in [3.8, 4) is 0 Å².